The van der Waals surface area contributed by atoms with Gasteiger partial charge in [0.05, 0.1) is 11.6 Å². The number of nitriles is 1. The standard InChI is InChI=1S/C16H16N2/c1-13-5-2-8-15(11-17)16(13)9-3-6-14-7-4-10-18-12-14/h2,4-5,7-8,10,12H,3,6,9H2,1H3. The van der Waals surface area contributed by atoms with Crippen LogP contribution in [0.15, 0.2) is 42.7 Å². The van der Waals surface area contributed by atoms with Crippen molar-refractivity contribution < 1.29 is 0 Å². The molecule has 2 heteroatoms. The van der Waals surface area contributed by atoms with Gasteiger partial charge in [-0.25, -0.2) is 0 Å². The van der Waals surface area contributed by atoms with E-state index in [9.17, 15) is 0 Å². The summed E-state index contributed by atoms with van der Waals surface area (Å²) < 4.78 is 0. The molecule has 0 bridgehead atoms. The Morgan fingerprint density at radius 1 is 1.17 bits per heavy atom. The molecule has 0 aliphatic carbocycles. The van der Waals surface area contributed by atoms with Crippen molar-refractivity contribution in [1.29, 1.82) is 5.26 Å². The van der Waals surface area contributed by atoms with Gasteiger partial charge in [-0.1, -0.05) is 18.2 Å². The van der Waals surface area contributed by atoms with Crippen molar-refractivity contribution in [2.45, 2.75) is 26.2 Å². The molecule has 1 aromatic heterocycles. The second-order valence-electron chi connectivity index (χ2n) is 4.43. The summed E-state index contributed by atoms with van der Waals surface area (Å²) in [7, 11) is 0. The van der Waals surface area contributed by atoms with Crippen molar-refractivity contribution in [1.82, 2.24) is 4.98 Å². The molecule has 1 heterocycles. The summed E-state index contributed by atoms with van der Waals surface area (Å²) in [5, 5.41) is 9.10. The average Bonchev–Trinajstić information content (AvgIpc) is 2.41. The fourth-order valence-electron chi connectivity index (χ4n) is 2.15. The molecule has 0 unspecified atom stereocenters. The number of rotatable bonds is 4. The molecule has 0 saturated heterocycles. The third kappa shape index (κ3) is 2.95. The van der Waals surface area contributed by atoms with Crippen molar-refractivity contribution in [3.05, 3.63) is 65.0 Å². The van der Waals surface area contributed by atoms with E-state index >= 15 is 0 Å². The number of hydrogen-bond acceptors (Lipinski definition) is 2. The zero-order valence-corrected chi connectivity index (χ0v) is 10.6. The molecular weight excluding hydrogens is 220 g/mol. The highest BCUT2D eigenvalue weighted by atomic mass is 14.6. The first-order valence-corrected chi connectivity index (χ1v) is 6.19. The molecule has 0 amide bonds. The topological polar surface area (TPSA) is 36.7 Å². The highest BCUT2D eigenvalue weighted by molar-refractivity contribution is 5.42. The minimum Gasteiger partial charge on any atom is -0.264 e. The first kappa shape index (κ1) is 12.3. The number of pyridine rings is 1. The van der Waals surface area contributed by atoms with E-state index in [4.69, 9.17) is 5.26 Å². The molecule has 0 saturated carbocycles. The average molecular weight is 236 g/mol. The third-order valence-electron chi connectivity index (χ3n) is 3.15. The van der Waals surface area contributed by atoms with Crippen LogP contribution in [0.3, 0.4) is 0 Å². The molecule has 0 aliphatic rings. The van der Waals surface area contributed by atoms with E-state index < -0.39 is 0 Å². The smallest absolute Gasteiger partial charge is 0.0994 e. The van der Waals surface area contributed by atoms with Gasteiger partial charge < -0.3 is 0 Å². The van der Waals surface area contributed by atoms with Crippen LogP contribution in [0.4, 0.5) is 0 Å². The molecule has 1 aromatic carbocycles. The summed E-state index contributed by atoms with van der Waals surface area (Å²) in [6.07, 6.45) is 6.70. The van der Waals surface area contributed by atoms with Crippen LogP contribution in [0.5, 0.6) is 0 Å². The molecule has 0 radical (unpaired) electrons. The molecule has 2 rings (SSSR count). The summed E-state index contributed by atoms with van der Waals surface area (Å²) >= 11 is 0. The van der Waals surface area contributed by atoms with Crippen molar-refractivity contribution >= 4 is 0 Å². The van der Waals surface area contributed by atoms with Gasteiger partial charge in [-0.3, -0.25) is 4.98 Å². The van der Waals surface area contributed by atoms with Crippen LogP contribution in [-0.2, 0) is 12.8 Å². The summed E-state index contributed by atoms with van der Waals surface area (Å²) in [5.41, 5.74) is 4.45. The van der Waals surface area contributed by atoms with Gasteiger partial charge in [0.1, 0.15) is 0 Å². The molecule has 90 valence electrons. The lowest BCUT2D eigenvalue weighted by Crippen LogP contribution is -1.96. The Morgan fingerprint density at radius 2 is 2.06 bits per heavy atom. The van der Waals surface area contributed by atoms with Crippen LogP contribution in [0.1, 0.15) is 28.7 Å². The summed E-state index contributed by atoms with van der Waals surface area (Å²) in [5.74, 6) is 0. The summed E-state index contributed by atoms with van der Waals surface area (Å²) in [6, 6.07) is 12.2. The predicted molar refractivity (Wildman–Crippen MR) is 72.2 cm³/mol. The minimum absolute atomic E-state index is 0.807. The van der Waals surface area contributed by atoms with Gasteiger partial charge in [0.15, 0.2) is 0 Å². The second kappa shape index (κ2) is 5.97. The Labute approximate surface area is 108 Å². The number of aryl methyl sites for hydroxylation is 2. The van der Waals surface area contributed by atoms with Gasteiger partial charge >= 0.3 is 0 Å². The van der Waals surface area contributed by atoms with Crippen LogP contribution in [0.25, 0.3) is 0 Å². The zero-order chi connectivity index (χ0) is 12.8. The van der Waals surface area contributed by atoms with Crippen LogP contribution in [0.2, 0.25) is 0 Å². The Kier molecular flexibility index (Phi) is 4.09. The highest BCUT2D eigenvalue weighted by Gasteiger charge is 2.04. The zero-order valence-electron chi connectivity index (χ0n) is 10.6. The second-order valence-corrected chi connectivity index (χ2v) is 4.43. The maximum Gasteiger partial charge on any atom is 0.0994 e. The van der Waals surface area contributed by atoms with Crippen LogP contribution < -0.4 is 0 Å². The van der Waals surface area contributed by atoms with Crippen LogP contribution in [0, 0.1) is 18.3 Å². The first-order chi connectivity index (χ1) is 8.81. The number of aromatic nitrogens is 1. The third-order valence-corrected chi connectivity index (χ3v) is 3.15. The van der Waals surface area contributed by atoms with Crippen molar-refractivity contribution in [3.8, 4) is 6.07 Å². The molecule has 0 spiro atoms. The lowest BCUT2D eigenvalue weighted by Gasteiger charge is -2.07. The normalized spacial score (nSPS) is 10.0. The molecule has 2 aromatic rings. The van der Waals surface area contributed by atoms with Crippen LogP contribution in [-0.4, -0.2) is 4.98 Å². The maximum atomic E-state index is 9.10. The number of hydrogen-bond donors (Lipinski definition) is 0. The van der Waals surface area contributed by atoms with E-state index in [0.717, 1.165) is 24.8 Å². The van der Waals surface area contributed by atoms with Gasteiger partial charge in [-0.2, -0.15) is 5.26 Å². The van der Waals surface area contributed by atoms with Crippen LogP contribution >= 0.6 is 0 Å². The van der Waals surface area contributed by atoms with E-state index in [2.05, 4.69) is 30.1 Å². The van der Waals surface area contributed by atoms with E-state index in [1.165, 1.54) is 16.7 Å². The fraction of sp³-hybridized carbons (Fsp3) is 0.250. The largest absolute Gasteiger partial charge is 0.264 e. The highest BCUT2D eigenvalue weighted by Crippen LogP contribution is 2.16. The van der Waals surface area contributed by atoms with Gasteiger partial charge in [0.2, 0.25) is 0 Å². The minimum atomic E-state index is 0.807. The molecule has 0 N–H and O–H groups in total. The quantitative estimate of drug-likeness (QED) is 0.815. The Hall–Kier alpha value is -2.14. The van der Waals surface area contributed by atoms with E-state index in [1.54, 1.807) is 6.20 Å². The maximum absolute atomic E-state index is 9.10. The first-order valence-electron chi connectivity index (χ1n) is 6.19. The molecule has 0 aliphatic heterocycles. The van der Waals surface area contributed by atoms with E-state index in [-0.39, 0.29) is 0 Å². The molecule has 18 heavy (non-hydrogen) atoms. The predicted octanol–water partition coefficient (Wildman–Crippen LogP) is 3.44. The lowest BCUT2D eigenvalue weighted by molar-refractivity contribution is 0.811. The number of benzene rings is 1. The van der Waals surface area contributed by atoms with Gasteiger partial charge in [-0.15, -0.1) is 0 Å². The van der Waals surface area contributed by atoms with E-state index in [1.807, 2.05) is 24.4 Å². The monoisotopic (exact) mass is 236 g/mol. The number of nitrogens with zero attached hydrogens (tertiary/aromatic N) is 2. The lowest BCUT2D eigenvalue weighted by atomic mass is 9.97. The van der Waals surface area contributed by atoms with Gasteiger partial charge in [0.25, 0.3) is 0 Å². The Morgan fingerprint density at radius 3 is 2.78 bits per heavy atom. The summed E-state index contributed by atoms with van der Waals surface area (Å²) in [4.78, 5) is 4.11. The van der Waals surface area contributed by atoms with Crippen molar-refractivity contribution in [2.75, 3.05) is 0 Å². The van der Waals surface area contributed by atoms with Gasteiger partial charge in [-0.05, 0) is 55.0 Å². The van der Waals surface area contributed by atoms with Crippen molar-refractivity contribution in [2.24, 2.45) is 0 Å². The van der Waals surface area contributed by atoms with Gasteiger partial charge in [0, 0.05) is 12.4 Å². The van der Waals surface area contributed by atoms with E-state index in [0.29, 0.717) is 0 Å². The van der Waals surface area contributed by atoms with Crippen molar-refractivity contribution in [3.63, 3.8) is 0 Å². The fourth-order valence-corrected chi connectivity index (χ4v) is 2.15. The molecule has 0 atom stereocenters. The SMILES string of the molecule is Cc1cccc(C#N)c1CCCc1cccnc1. The molecule has 0 fully saturated rings. The Balaban J connectivity index is 2.01. The Bertz CT molecular complexity index is 553. The molecule has 2 nitrogen and oxygen atoms in total. The summed E-state index contributed by atoms with van der Waals surface area (Å²) in [6.45, 7) is 2.07. The molecular formula is C16H16N2.